The summed E-state index contributed by atoms with van der Waals surface area (Å²) in [5.41, 5.74) is 1.10. The SMILES string of the molecule is CC(C)C(=O)NCCNC(=O)CSc1nnc(-c2ccccc2F)n1-c1ccccc1. The van der Waals surface area contributed by atoms with E-state index in [4.69, 9.17) is 0 Å². The molecule has 0 atom stereocenters. The molecule has 0 radical (unpaired) electrons. The first-order chi connectivity index (χ1) is 15.0. The zero-order valence-electron chi connectivity index (χ0n) is 17.3. The number of thioether (sulfide) groups is 1. The molecule has 162 valence electrons. The van der Waals surface area contributed by atoms with E-state index in [1.807, 2.05) is 44.2 Å². The van der Waals surface area contributed by atoms with Crippen LogP contribution in [0.5, 0.6) is 0 Å². The monoisotopic (exact) mass is 441 g/mol. The topological polar surface area (TPSA) is 88.9 Å². The van der Waals surface area contributed by atoms with Crippen molar-refractivity contribution in [3.63, 3.8) is 0 Å². The fraction of sp³-hybridized carbons (Fsp3) is 0.273. The van der Waals surface area contributed by atoms with Crippen molar-refractivity contribution >= 4 is 23.6 Å². The van der Waals surface area contributed by atoms with Gasteiger partial charge >= 0.3 is 0 Å². The minimum atomic E-state index is -0.398. The van der Waals surface area contributed by atoms with Crippen molar-refractivity contribution < 1.29 is 14.0 Å². The Bertz CT molecular complexity index is 1040. The number of rotatable bonds is 9. The third-order valence-electron chi connectivity index (χ3n) is 4.37. The van der Waals surface area contributed by atoms with Gasteiger partial charge in [0.25, 0.3) is 0 Å². The molecule has 0 fully saturated rings. The lowest BCUT2D eigenvalue weighted by molar-refractivity contribution is -0.124. The van der Waals surface area contributed by atoms with Crippen molar-refractivity contribution in [1.29, 1.82) is 0 Å². The number of carbonyl (C=O) groups is 2. The second-order valence-corrected chi connectivity index (χ2v) is 7.98. The summed E-state index contributed by atoms with van der Waals surface area (Å²) in [7, 11) is 0. The Hall–Kier alpha value is -3.20. The van der Waals surface area contributed by atoms with Crippen molar-refractivity contribution in [1.82, 2.24) is 25.4 Å². The lowest BCUT2D eigenvalue weighted by Gasteiger charge is -2.11. The molecule has 31 heavy (non-hydrogen) atoms. The van der Waals surface area contributed by atoms with Gasteiger partial charge in [0.15, 0.2) is 11.0 Å². The van der Waals surface area contributed by atoms with Crippen molar-refractivity contribution in [2.75, 3.05) is 18.8 Å². The Morgan fingerprint density at radius 1 is 1.00 bits per heavy atom. The minimum absolute atomic E-state index is 0.0553. The Balaban J connectivity index is 1.70. The number of para-hydroxylation sites is 1. The number of nitrogens with zero attached hydrogens (tertiary/aromatic N) is 3. The van der Waals surface area contributed by atoms with Gasteiger partial charge in [-0.25, -0.2) is 4.39 Å². The molecular weight excluding hydrogens is 417 g/mol. The van der Waals surface area contributed by atoms with E-state index in [0.29, 0.717) is 29.6 Å². The number of hydrogen-bond donors (Lipinski definition) is 2. The van der Waals surface area contributed by atoms with Gasteiger partial charge < -0.3 is 10.6 Å². The van der Waals surface area contributed by atoms with Crippen LogP contribution in [0.3, 0.4) is 0 Å². The van der Waals surface area contributed by atoms with Gasteiger partial charge in [-0.15, -0.1) is 10.2 Å². The molecular formula is C22H24FN5O2S. The lowest BCUT2D eigenvalue weighted by Crippen LogP contribution is -2.37. The number of aromatic nitrogens is 3. The maximum absolute atomic E-state index is 14.4. The molecule has 0 saturated heterocycles. The van der Waals surface area contributed by atoms with Crippen LogP contribution in [0.15, 0.2) is 59.8 Å². The first-order valence-corrected chi connectivity index (χ1v) is 10.9. The van der Waals surface area contributed by atoms with Crippen LogP contribution in [0.1, 0.15) is 13.8 Å². The Kier molecular flexibility index (Phi) is 7.77. The summed E-state index contributed by atoms with van der Waals surface area (Å²) in [6.45, 7) is 4.32. The van der Waals surface area contributed by atoms with Gasteiger partial charge in [0.1, 0.15) is 5.82 Å². The predicted molar refractivity (Wildman–Crippen MR) is 118 cm³/mol. The maximum atomic E-state index is 14.4. The summed E-state index contributed by atoms with van der Waals surface area (Å²) in [5, 5.41) is 14.4. The number of amides is 2. The van der Waals surface area contributed by atoms with E-state index in [2.05, 4.69) is 20.8 Å². The Morgan fingerprint density at radius 3 is 2.39 bits per heavy atom. The molecule has 0 spiro atoms. The van der Waals surface area contributed by atoms with Gasteiger partial charge in [-0.3, -0.25) is 14.2 Å². The minimum Gasteiger partial charge on any atom is -0.354 e. The predicted octanol–water partition coefficient (Wildman–Crippen LogP) is 3.05. The van der Waals surface area contributed by atoms with Crippen LogP contribution in [-0.4, -0.2) is 45.4 Å². The van der Waals surface area contributed by atoms with Gasteiger partial charge in [0.05, 0.1) is 11.3 Å². The van der Waals surface area contributed by atoms with Crippen molar-refractivity contribution in [2.24, 2.45) is 5.92 Å². The van der Waals surface area contributed by atoms with Crippen LogP contribution in [0.2, 0.25) is 0 Å². The molecule has 2 aromatic carbocycles. The number of nitrogens with one attached hydrogen (secondary N) is 2. The summed E-state index contributed by atoms with van der Waals surface area (Å²) in [5.74, 6) is -0.271. The van der Waals surface area contributed by atoms with Gasteiger partial charge in [0, 0.05) is 24.7 Å². The number of halogens is 1. The largest absolute Gasteiger partial charge is 0.354 e. The molecule has 0 bridgehead atoms. The molecule has 0 saturated carbocycles. The molecule has 2 N–H and O–H groups in total. The quantitative estimate of drug-likeness (QED) is 0.394. The zero-order chi connectivity index (χ0) is 22.2. The molecule has 0 unspecified atom stereocenters. The average Bonchev–Trinajstić information content (AvgIpc) is 3.19. The molecule has 1 heterocycles. The third-order valence-corrected chi connectivity index (χ3v) is 5.29. The van der Waals surface area contributed by atoms with Crippen LogP contribution < -0.4 is 10.6 Å². The van der Waals surface area contributed by atoms with Crippen LogP contribution in [0.4, 0.5) is 4.39 Å². The fourth-order valence-electron chi connectivity index (χ4n) is 2.76. The second-order valence-electron chi connectivity index (χ2n) is 7.04. The van der Waals surface area contributed by atoms with E-state index < -0.39 is 5.82 Å². The van der Waals surface area contributed by atoms with Crippen molar-refractivity contribution in [3.05, 3.63) is 60.4 Å². The average molecular weight is 442 g/mol. The fourth-order valence-corrected chi connectivity index (χ4v) is 3.54. The molecule has 3 rings (SSSR count). The molecule has 1 aromatic heterocycles. The maximum Gasteiger partial charge on any atom is 0.230 e. The summed E-state index contributed by atoms with van der Waals surface area (Å²) in [6.07, 6.45) is 0. The highest BCUT2D eigenvalue weighted by Crippen LogP contribution is 2.29. The number of carbonyl (C=O) groups excluding carboxylic acids is 2. The van der Waals surface area contributed by atoms with Gasteiger partial charge in [0.2, 0.25) is 11.8 Å². The van der Waals surface area contributed by atoms with E-state index >= 15 is 0 Å². The van der Waals surface area contributed by atoms with Crippen LogP contribution in [0.25, 0.3) is 17.1 Å². The zero-order valence-corrected chi connectivity index (χ0v) is 18.2. The number of benzene rings is 2. The first kappa shape index (κ1) is 22.5. The highest BCUT2D eigenvalue weighted by atomic mass is 32.2. The van der Waals surface area contributed by atoms with Gasteiger partial charge in [-0.2, -0.15) is 0 Å². The third kappa shape index (κ3) is 5.91. The second kappa shape index (κ2) is 10.7. The normalized spacial score (nSPS) is 10.8. The Labute approximate surface area is 184 Å². The van der Waals surface area contributed by atoms with Gasteiger partial charge in [-0.05, 0) is 24.3 Å². The molecule has 0 aliphatic rings. The van der Waals surface area contributed by atoms with Crippen LogP contribution >= 0.6 is 11.8 Å². The number of hydrogen-bond acceptors (Lipinski definition) is 5. The summed E-state index contributed by atoms with van der Waals surface area (Å²) >= 11 is 1.21. The van der Waals surface area contributed by atoms with Crippen molar-refractivity contribution in [2.45, 2.75) is 19.0 Å². The highest BCUT2D eigenvalue weighted by Gasteiger charge is 2.19. The van der Waals surface area contributed by atoms with E-state index in [1.165, 1.54) is 17.8 Å². The molecule has 2 amide bonds. The molecule has 0 aliphatic heterocycles. The standard InChI is InChI=1S/C22H24FN5O2S/c1-15(2)21(30)25-13-12-24-19(29)14-31-22-27-26-20(17-10-6-7-11-18(17)23)28(22)16-8-4-3-5-9-16/h3-11,15H,12-14H2,1-2H3,(H,24,29)(H,25,30). The van der Waals surface area contributed by atoms with E-state index in [1.54, 1.807) is 22.8 Å². The lowest BCUT2D eigenvalue weighted by atomic mass is 10.2. The molecule has 0 aliphatic carbocycles. The smallest absolute Gasteiger partial charge is 0.230 e. The first-order valence-electron chi connectivity index (χ1n) is 9.90. The van der Waals surface area contributed by atoms with Crippen LogP contribution in [-0.2, 0) is 9.59 Å². The molecule has 7 nitrogen and oxygen atoms in total. The summed E-state index contributed by atoms with van der Waals surface area (Å²) < 4.78 is 16.1. The van der Waals surface area contributed by atoms with E-state index in [9.17, 15) is 14.0 Å². The van der Waals surface area contributed by atoms with Crippen molar-refractivity contribution in [3.8, 4) is 17.1 Å². The Morgan fingerprint density at radius 2 is 1.68 bits per heavy atom. The van der Waals surface area contributed by atoms with E-state index in [0.717, 1.165) is 5.69 Å². The summed E-state index contributed by atoms with van der Waals surface area (Å²) in [6, 6.07) is 15.7. The highest BCUT2D eigenvalue weighted by molar-refractivity contribution is 7.99. The van der Waals surface area contributed by atoms with E-state index in [-0.39, 0.29) is 23.5 Å². The van der Waals surface area contributed by atoms with Crippen LogP contribution in [0, 0.1) is 11.7 Å². The molecule has 9 heteroatoms. The molecule has 3 aromatic rings. The summed E-state index contributed by atoms with van der Waals surface area (Å²) in [4.78, 5) is 23.8. The van der Waals surface area contributed by atoms with Gasteiger partial charge in [-0.1, -0.05) is 55.9 Å².